The van der Waals surface area contributed by atoms with Crippen LogP contribution < -0.4 is 10.2 Å². The van der Waals surface area contributed by atoms with E-state index in [0.717, 1.165) is 31.3 Å². The van der Waals surface area contributed by atoms with Crippen molar-refractivity contribution in [3.63, 3.8) is 0 Å². The molecule has 1 aromatic rings. The number of thiazole rings is 1. The van der Waals surface area contributed by atoms with Gasteiger partial charge in [-0.25, -0.2) is 4.98 Å². The summed E-state index contributed by atoms with van der Waals surface area (Å²) in [4.78, 5) is 8.91. The standard InChI is InChI=1S/C17H31N3S/c1-7-15-16(9-18-11(2)3)21-17(19-15)20-10-12(4)8-13(5)14(20)6/h11-14,18H,7-10H2,1-6H3. The molecule has 0 saturated carbocycles. The Morgan fingerprint density at radius 3 is 2.67 bits per heavy atom. The maximum Gasteiger partial charge on any atom is 0.186 e. The number of rotatable bonds is 5. The number of aryl methyl sites for hydroxylation is 1. The minimum absolute atomic E-state index is 0.522. The maximum atomic E-state index is 4.95. The monoisotopic (exact) mass is 309 g/mol. The van der Waals surface area contributed by atoms with Gasteiger partial charge in [-0.2, -0.15) is 0 Å². The van der Waals surface area contributed by atoms with E-state index >= 15 is 0 Å². The number of piperidine rings is 1. The number of hydrogen-bond donors (Lipinski definition) is 1. The van der Waals surface area contributed by atoms with Crippen molar-refractivity contribution in [2.24, 2.45) is 11.8 Å². The van der Waals surface area contributed by atoms with Crippen LogP contribution in [-0.4, -0.2) is 23.6 Å². The summed E-state index contributed by atoms with van der Waals surface area (Å²) in [5.41, 5.74) is 1.28. The first-order valence-corrected chi connectivity index (χ1v) is 9.22. The first kappa shape index (κ1) is 16.8. The first-order chi connectivity index (χ1) is 9.92. The van der Waals surface area contributed by atoms with Crippen molar-refractivity contribution in [3.8, 4) is 0 Å². The van der Waals surface area contributed by atoms with Gasteiger partial charge in [0.2, 0.25) is 0 Å². The number of hydrogen-bond acceptors (Lipinski definition) is 4. The van der Waals surface area contributed by atoms with Crippen molar-refractivity contribution >= 4 is 16.5 Å². The SMILES string of the molecule is CCc1nc(N2CC(C)CC(C)C2C)sc1CNC(C)C. The Kier molecular flexibility index (Phi) is 5.67. The van der Waals surface area contributed by atoms with Crippen LogP contribution in [0, 0.1) is 11.8 Å². The quantitative estimate of drug-likeness (QED) is 0.888. The van der Waals surface area contributed by atoms with Crippen molar-refractivity contribution < 1.29 is 0 Å². The van der Waals surface area contributed by atoms with E-state index < -0.39 is 0 Å². The van der Waals surface area contributed by atoms with Gasteiger partial charge in [-0.15, -0.1) is 11.3 Å². The second-order valence-corrected chi connectivity index (χ2v) is 8.03. The molecule has 3 unspecified atom stereocenters. The largest absolute Gasteiger partial charge is 0.345 e. The van der Waals surface area contributed by atoms with Crippen LogP contribution >= 0.6 is 11.3 Å². The minimum atomic E-state index is 0.522. The molecule has 2 rings (SSSR count). The van der Waals surface area contributed by atoms with Gasteiger partial charge in [0.1, 0.15) is 0 Å². The molecule has 1 aromatic heterocycles. The van der Waals surface area contributed by atoms with Gasteiger partial charge < -0.3 is 10.2 Å². The van der Waals surface area contributed by atoms with Crippen LogP contribution in [0.3, 0.4) is 0 Å². The lowest BCUT2D eigenvalue weighted by atomic mass is 9.86. The van der Waals surface area contributed by atoms with E-state index in [1.54, 1.807) is 0 Å². The van der Waals surface area contributed by atoms with Gasteiger partial charge in [0, 0.05) is 30.1 Å². The molecule has 1 aliphatic rings. The van der Waals surface area contributed by atoms with Gasteiger partial charge in [-0.1, -0.05) is 34.6 Å². The Bertz CT molecular complexity index is 455. The zero-order valence-electron chi connectivity index (χ0n) is 14.4. The molecule has 1 aliphatic heterocycles. The summed E-state index contributed by atoms with van der Waals surface area (Å²) in [7, 11) is 0. The summed E-state index contributed by atoms with van der Waals surface area (Å²) < 4.78 is 0. The van der Waals surface area contributed by atoms with Crippen LogP contribution in [-0.2, 0) is 13.0 Å². The van der Waals surface area contributed by atoms with Crippen LogP contribution in [0.1, 0.15) is 58.5 Å². The molecule has 1 fully saturated rings. The summed E-state index contributed by atoms with van der Waals surface area (Å²) in [6, 6.07) is 1.12. The Balaban J connectivity index is 2.19. The van der Waals surface area contributed by atoms with Crippen LogP contribution in [0.5, 0.6) is 0 Å². The molecule has 0 bridgehead atoms. The van der Waals surface area contributed by atoms with Crippen molar-refractivity contribution in [1.82, 2.24) is 10.3 Å². The fourth-order valence-electron chi connectivity index (χ4n) is 3.17. The summed E-state index contributed by atoms with van der Waals surface area (Å²) in [5, 5.41) is 4.77. The Morgan fingerprint density at radius 1 is 1.33 bits per heavy atom. The molecule has 0 radical (unpaired) electrons. The molecular weight excluding hydrogens is 278 g/mol. The van der Waals surface area contributed by atoms with Crippen LogP contribution in [0.25, 0.3) is 0 Å². The highest BCUT2D eigenvalue weighted by Crippen LogP contribution is 2.35. The predicted molar refractivity (Wildman–Crippen MR) is 93.2 cm³/mol. The third kappa shape index (κ3) is 3.98. The van der Waals surface area contributed by atoms with Gasteiger partial charge in [0.15, 0.2) is 5.13 Å². The van der Waals surface area contributed by atoms with Crippen molar-refractivity contribution in [1.29, 1.82) is 0 Å². The Hall–Kier alpha value is -0.610. The molecule has 0 spiro atoms. The van der Waals surface area contributed by atoms with Crippen molar-refractivity contribution in [2.45, 2.75) is 73.0 Å². The predicted octanol–water partition coefficient (Wildman–Crippen LogP) is 4.07. The number of nitrogens with one attached hydrogen (secondary N) is 1. The molecule has 0 aliphatic carbocycles. The fraction of sp³-hybridized carbons (Fsp3) is 0.824. The average molecular weight is 310 g/mol. The molecule has 3 atom stereocenters. The molecule has 1 saturated heterocycles. The van der Waals surface area contributed by atoms with Crippen LogP contribution in [0.4, 0.5) is 5.13 Å². The van der Waals surface area contributed by atoms with Gasteiger partial charge in [-0.05, 0) is 31.6 Å². The topological polar surface area (TPSA) is 28.2 Å². The van der Waals surface area contributed by atoms with E-state index in [1.165, 1.54) is 22.1 Å². The van der Waals surface area contributed by atoms with Crippen molar-refractivity contribution in [3.05, 3.63) is 10.6 Å². The van der Waals surface area contributed by atoms with Crippen molar-refractivity contribution in [2.75, 3.05) is 11.4 Å². The second kappa shape index (κ2) is 7.10. The lowest BCUT2D eigenvalue weighted by Crippen LogP contribution is -2.45. The molecule has 1 N–H and O–H groups in total. The van der Waals surface area contributed by atoms with E-state index in [4.69, 9.17) is 4.98 Å². The minimum Gasteiger partial charge on any atom is -0.345 e. The van der Waals surface area contributed by atoms with Crippen LogP contribution in [0.2, 0.25) is 0 Å². The third-order valence-corrected chi connectivity index (χ3v) is 5.75. The molecule has 3 nitrogen and oxygen atoms in total. The molecule has 21 heavy (non-hydrogen) atoms. The van der Waals surface area contributed by atoms with E-state index in [9.17, 15) is 0 Å². The Labute approximate surface area is 134 Å². The first-order valence-electron chi connectivity index (χ1n) is 8.40. The normalized spacial score (nSPS) is 26.6. The van der Waals surface area contributed by atoms with Crippen LogP contribution in [0.15, 0.2) is 0 Å². The molecule has 4 heteroatoms. The summed E-state index contributed by atoms with van der Waals surface area (Å²) in [6.45, 7) is 15.8. The number of aromatic nitrogens is 1. The zero-order valence-corrected chi connectivity index (χ0v) is 15.3. The van der Waals surface area contributed by atoms with E-state index in [-0.39, 0.29) is 0 Å². The highest BCUT2D eigenvalue weighted by Gasteiger charge is 2.31. The smallest absolute Gasteiger partial charge is 0.186 e. The Morgan fingerprint density at radius 2 is 2.05 bits per heavy atom. The molecule has 0 aromatic carbocycles. The lowest BCUT2D eigenvalue weighted by molar-refractivity contribution is 0.297. The molecule has 2 heterocycles. The van der Waals surface area contributed by atoms with Gasteiger partial charge in [-0.3, -0.25) is 0 Å². The van der Waals surface area contributed by atoms with E-state index in [0.29, 0.717) is 12.1 Å². The molecular formula is C17H31N3S. The van der Waals surface area contributed by atoms with Gasteiger partial charge in [0.25, 0.3) is 0 Å². The molecule has 120 valence electrons. The van der Waals surface area contributed by atoms with Gasteiger partial charge >= 0.3 is 0 Å². The second-order valence-electron chi connectivity index (χ2n) is 6.97. The third-order valence-electron chi connectivity index (χ3n) is 4.62. The zero-order chi connectivity index (χ0) is 15.6. The molecule has 0 amide bonds. The number of nitrogens with zero attached hydrogens (tertiary/aromatic N) is 2. The summed E-state index contributed by atoms with van der Waals surface area (Å²) in [5.74, 6) is 1.52. The summed E-state index contributed by atoms with van der Waals surface area (Å²) >= 11 is 1.89. The van der Waals surface area contributed by atoms with E-state index in [1.807, 2.05) is 11.3 Å². The number of anilines is 1. The average Bonchev–Trinajstić information content (AvgIpc) is 2.83. The maximum absolute atomic E-state index is 4.95. The summed E-state index contributed by atoms with van der Waals surface area (Å²) in [6.07, 6.45) is 2.37. The van der Waals surface area contributed by atoms with Gasteiger partial charge in [0.05, 0.1) is 5.69 Å². The highest BCUT2D eigenvalue weighted by molar-refractivity contribution is 7.15. The van der Waals surface area contributed by atoms with E-state index in [2.05, 4.69) is 51.8 Å². The highest BCUT2D eigenvalue weighted by atomic mass is 32.1. The fourth-order valence-corrected chi connectivity index (χ4v) is 4.37. The lowest BCUT2D eigenvalue weighted by Gasteiger charge is -2.41.